The summed E-state index contributed by atoms with van der Waals surface area (Å²) >= 11 is 0. The second-order valence-electron chi connectivity index (χ2n) is 4.97. The molecule has 2 aliphatic carbocycles. The van der Waals surface area contributed by atoms with Crippen LogP contribution < -0.4 is 5.73 Å². The van der Waals surface area contributed by atoms with E-state index in [2.05, 4.69) is 0 Å². The van der Waals surface area contributed by atoms with Crippen molar-refractivity contribution in [2.45, 2.75) is 63.5 Å². The molecule has 0 amide bonds. The predicted molar refractivity (Wildman–Crippen MR) is 58.1 cm³/mol. The van der Waals surface area contributed by atoms with Gasteiger partial charge in [-0.25, -0.2) is 0 Å². The lowest BCUT2D eigenvalue weighted by molar-refractivity contribution is 0.0168. The summed E-state index contributed by atoms with van der Waals surface area (Å²) in [6.07, 6.45) is 11.0. The molecule has 0 aromatic heterocycles. The molecule has 82 valence electrons. The smallest absolute Gasteiger partial charge is 0.0726 e. The van der Waals surface area contributed by atoms with Gasteiger partial charge < -0.3 is 10.5 Å². The first kappa shape index (κ1) is 10.4. The Kier molecular flexibility index (Phi) is 3.82. The molecule has 0 heterocycles. The predicted octanol–water partition coefficient (Wildman–Crippen LogP) is 2.46. The van der Waals surface area contributed by atoms with Crippen molar-refractivity contribution < 1.29 is 4.74 Å². The SMILES string of the molecule is NC1CCCC1OCC1CCCCC1. The van der Waals surface area contributed by atoms with E-state index in [1.54, 1.807) is 0 Å². The van der Waals surface area contributed by atoms with Crippen molar-refractivity contribution in [3.8, 4) is 0 Å². The minimum Gasteiger partial charge on any atom is -0.376 e. The fourth-order valence-corrected chi connectivity index (χ4v) is 2.78. The zero-order valence-electron chi connectivity index (χ0n) is 9.08. The lowest BCUT2D eigenvalue weighted by Crippen LogP contribution is -2.33. The number of hydrogen-bond donors (Lipinski definition) is 1. The summed E-state index contributed by atoms with van der Waals surface area (Å²) < 4.78 is 5.93. The quantitative estimate of drug-likeness (QED) is 0.754. The van der Waals surface area contributed by atoms with Gasteiger partial charge in [-0.15, -0.1) is 0 Å². The number of rotatable bonds is 3. The summed E-state index contributed by atoms with van der Waals surface area (Å²) in [5.74, 6) is 0.830. The molecular formula is C12H23NO. The van der Waals surface area contributed by atoms with Crippen LogP contribution in [0.1, 0.15) is 51.4 Å². The van der Waals surface area contributed by atoms with Gasteiger partial charge in [0.2, 0.25) is 0 Å². The lowest BCUT2D eigenvalue weighted by atomic mass is 9.90. The van der Waals surface area contributed by atoms with Gasteiger partial charge in [-0.1, -0.05) is 19.3 Å². The summed E-state index contributed by atoms with van der Waals surface area (Å²) in [7, 11) is 0. The minimum absolute atomic E-state index is 0.318. The van der Waals surface area contributed by atoms with Gasteiger partial charge in [0, 0.05) is 12.6 Å². The molecule has 2 nitrogen and oxygen atoms in total. The van der Waals surface area contributed by atoms with Crippen molar-refractivity contribution in [2.24, 2.45) is 11.7 Å². The molecule has 0 radical (unpaired) electrons. The Hall–Kier alpha value is -0.0800. The Morgan fingerprint density at radius 1 is 0.929 bits per heavy atom. The average molecular weight is 197 g/mol. The summed E-state index contributed by atoms with van der Waals surface area (Å²) in [4.78, 5) is 0. The van der Waals surface area contributed by atoms with E-state index in [-0.39, 0.29) is 0 Å². The van der Waals surface area contributed by atoms with Crippen LogP contribution in [0.2, 0.25) is 0 Å². The zero-order valence-corrected chi connectivity index (χ0v) is 9.08. The van der Waals surface area contributed by atoms with Crippen molar-refractivity contribution in [3.05, 3.63) is 0 Å². The zero-order chi connectivity index (χ0) is 9.80. The van der Waals surface area contributed by atoms with E-state index < -0.39 is 0 Å². The van der Waals surface area contributed by atoms with Gasteiger partial charge in [0.1, 0.15) is 0 Å². The number of ether oxygens (including phenoxy) is 1. The van der Waals surface area contributed by atoms with Crippen LogP contribution in [0, 0.1) is 5.92 Å². The first-order chi connectivity index (χ1) is 6.86. The van der Waals surface area contributed by atoms with Crippen molar-refractivity contribution in [3.63, 3.8) is 0 Å². The van der Waals surface area contributed by atoms with Crippen LogP contribution in [-0.4, -0.2) is 18.8 Å². The van der Waals surface area contributed by atoms with Crippen LogP contribution in [0.15, 0.2) is 0 Å². The Balaban J connectivity index is 1.65. The van der Waals surface area contributed by atoms with E-state index in [9.17, 15) is 0 Å². The third-order valence-electron chi connectivity index (χ3n) is 3.77. The molecule has 2 heteroatoms. The highest BCUT2D eigenvalue weighted by Gasteiger charge is 2.25. The van der Waals surface area contributed by atoms with Crippen LogP contribution >= 0.6 is 0 Å². The van der Waals surface area contributed by atoms with Crippen molar-refractivity contribution in [1.29, 1.82) is 0 Å². The van der Waals surface area contributed by atoms with Crippen LogP contribution in [-0.2, 0) is 4.74 Å². The van der Waals surface area contributed by atoms with Gasteiger partial charge in [-0.05, 0) is 38.0 Å². The van der Waals surface area contributed by atoms with E-state index in [0.29, 0.717) is 12.1 Å². The second kappa shape index (κ2) is 5.13. The summed E-state index contributed by atoms with van der Waals surface area (Å²) in [6.45, 7) is 0.971. The average Bonchev–Trinajstić information content (AvgIpc) is 2.63. The summed E-state index contributed by atoms with van der Waals surface area (Å²) in [6, 6.07) is 0.318. The summed E-state index contributed by atoms with van der Waals surface area (Å²) in [5.41, 5.74) is 5.97. The molecule has 0 bridgehead atoms. The molecule has 2 saturated carbocycles. The van der Waals surface area contributed by atoms with E-state index in [1.807, 2.05) is 0 Å². The minimum atomic E-state index is 0.318. The molecule has 0 aromatic carbocycles. The molecule has 0 saturated heterocycles. The maximum Gasteiger partial charge on any atom is 0.0726 e. The normalized spacial score (nSPS) is 34.9. The molecular weight excluding hydrogens is 174 g/mol. The Bertz CT molecular complexity index is 166. The maximum absolute atomic E-state index is 5.97. The highest BCUT2D eigenvalue weighted by Crippen LogP contribution is 2.26. The van der Waals surface area contributed by atoms with Crippen molar-refractivity contribution in [1.82, 2.24) is 0 Å². The Labute approximate surface area is 87.2 Å². The molecule has 2 unspecified atom stereocenters. The van der Waals surface area contributed by atoms with Crippen LogP contribution in [0.4, 0.5) is 0 Å². The third kappa shape index (κ3) is 2.71. The summed E-state index contributed by atoms with van der Waals surface area (Å²) in [5, 5.41) is 0. The molecule has 0 aliphatic heterocycles. The number of hydrogen-bond acceptors (Lipinski definition) is 2. The van der Waals surface area contributed by atoms with Gasteiger partial charge in [-0.3, -0.25) is 0 Å². The third-order valence-corrected chi connectivity index (χ3v) is 3.77. The van der Waals surface area contributed by atoms with Crippen LogP contribution in [0.5, 0.6) is 0 Å². The van der Waals surface area contributed by atoms with Gasteiger partial charge in [-0.2, -0.15) is 0 Å². The van der Waals surface area contributed by atoms with Crippen LogP contribution in [0.3, 0.4) is 0 Å². The molecule has 2 aliphatic rings. The van der Waals surface area contributed by atoms with Gasteiger partial charge in [0.25, 0.3) is 0 Å². The Morgan fingerprint density at radius 3 is 2.36 bits per heavy atom. The molecule has 14 heavy (non-hydrogen) atoms. The van der Waals surface area contributed by atoms with Gasteiger partial charge in [0.15, 0.2) is 0 Å². The Morgan fingerprint density at radius 2 is 1.71 bits per heavy atom. The fraction of sp³-hybridized carbons (Fsp3) is 1.00. The van der Waals surface area contributed by atoms with Crippen molar-refractivity contribution >= 4 is 0 Å². The largest absolute Gasteiger partial charge is 0.376 e. The lowest BCUT2D eigenvalue weighted by Gasteiger charge is -2.24. The monoisotopic (exact) mass is 197 g/mol. The molecule has 0 aromatic rings. The molecule has 0 spiro atoms. The number of nitrogens with two attached hydrogens (primary N) is 1. The fourth-order valence-electron chi connectivity index (χ4n) is 2.78. The topological polar surface area (TPSA) is 35.2 Å². The first-order valence-electron chi connectivity index (χ1n) is 6.23. The van der Waals surface area contributed by atoms with Crippen LogP contribution in [0.25, 0.3) is 0 Å². The second-order valence-corrected chi connectivity index (χ2v) is 4.97. The van der Waals surface area contributed by atoms with E-state index in [4.69, 9.17) is 10.5 Å². The maximum atomic E-state index is 5.97. The van der Waals surface area contributed by atoms with E-state index in [1.165, 1.54) is 44.9 Å². The van der Waals surface area contributed by atoms with E-state index >= 15 is 0 Å². The highest BCUT2D eigenvalue weighted by molar-refractivity contribution is 4.81. The van der Waals surface area contributed by atoms with Gasteiger partial charge in [0.05, 0.1) is 6.10 Å². The van der Waals surface area contributed by atoms with E-state index in [0.717, 1.165) is 18.9 Å². The highest BCUT2D eigenvalue weighted by atomic mass is 16.5. The standard InChI is InChI=1S/C12H23NO/c13-11-7-4-8-12(11)14-9-10-5-2-1-3-6-10/h10-12H,1-9,13H2. The van der Waals surface area contributed by atoms with Crippen molar-refractivity contribution in [2.75, 3.05) is 6.61 Å². The first-order valence-corrected chi connectivity index (χ1v) is 6.23. The van der Waals surface area contributed by atoms with Gasteiger partial charge >= 0.3 is 0 Å². The molecule has 2 rings (SSSR count). The molecule has 2 N–H and O–H groups in total. The molecule has 2 atom stereocenters. The molecule has 2 fully saturated rings.